The number of sulfonamides is 1. The van der Waals surface area contributed by atoms with Crippen molar-refractivity contribution in [3.63, 3.8) is 0 Å². The zero-order chi connectivity index (χ0) is 15.3. The molecule has 1 aromatic rings. The van der Waals surface area contributed by atoms with Crippen LogP contribution in [-0.2, 0) is 14.8 Å². The molecule has 0 spiro atoms. The summed E-state index contributed by atoms with van der Waals surface area (Å²) < 4.78 is 29.6. The van der Waals surface area contributed by atoms with Crippen molar-refractivity contribution in [2.24, 2.45) is 0 Å². The Balaban J connectivity index is 1.96. The van der Waals surface area contributed by atoms with Gasteiger partial charge < -0.3 is 4.74 Å². The van der Waals surface area contributed by atoms with Crippen LogP contribution in [0, 0.1) is 11.8 Å². The highest BCUT2D eigenvalue weighted by molar-refractivity contribution is 7.89. The van der Waals surface area contributed by atoms with Gasteiger partial charge in [0.1, 0.15) is 6.61 Å². The molecule has 1 aromatic carbocycles. The molecule has 0 saturated carbocycles. The van der Waals surface area contributed by atoms with Crippen LogP contribution in [0.2, 0.25) is 0 Å². The molecular weight excluding hydrogens is 292 g/mol. The molecule has 0 bridgehead atoms. The normalized spacial score (nSPS) is 14.5. The summed E-state index contributed by atoms with van der Waals surface area (Å²) in [6.45, 7) is 2.59. The second kappa shape index (κ2) is 6.61. The van der Waals surface area contributed by atoms with Crippen LogP contribution in [0.5, 0.6) is 0 Å². The first-order valence-electron chi connectivity index (χ1n) is 6.52. The molecule has 1 amide bonds. The minimum absolute atomic E-state index is 0.0370. The smallest absolute Gasteiger partial charge is 0.414 e. The lowest BCUT2D eigenvalue weighted by Gasteiger charge is -2.11. The number of cyclic esters (lactones) is 1. The Morgan fingerprint density at radius 1 is 1.33 bits per heavy atom. The van der Waals surface area contributed by atoms with Crippen molar-refractivity contribution in [2.75, 3.05) is 30.3 Å². The number of hydrogen-bond acceptors (Lipinski definition) is 4. The number of anilines is 1. The van der Waals surface area contributed by atoms with Crippen LogP contribution in [0.4, 0.5) is 10.5 Å². The lowest BCUT2D eigenvalue weighted by atomic mass is 10.2. The van der Waals surface area contributed by atoms with Gasteiger partial charge in [-0.25, -0.2) is 17.9 Å². The molecule has 1 fully saturated rings. The molecule has 0 aliphatic carbocycles. The van der Waals surface area contributed by atoms with Crippen LogP contribution in [-0.4, -0.2) is 40.0 Å². The SMILES string of the molecule is CCS(=O)(=O)NCC#Cc1ccc(N2CCOC2=O)cc1. The molecule has 0 radical (unpaired) electrons. The van der Waals surface area contributed by atoms with E-state index in [1.54, 1.807) is 36.1 Å². The van der Waals surface area contributed by atoms with Gasteiger partial charge >= 0.3 is 6.09 Å². The van der Waals surface area contributed by atoms with Crippen molar-refractivity contribution in [3.05, 3.63) is 29.8 Å². The van der Waals surface area contributed by atoms with Gasteiger partial charge in [0.05, 0.1) is 18.8 Å². The minimum Gasteiger partial charge on any atom is -0.447 e. The molecule has 21 heavy (non-hydrogen) atoms. The Morgan fingerprint density at radius 3 is 2.62 bits per heavy atom. The van der Waals surface area contributed by atoms with E-state index in [0.29, 0.717) is 13.2 Å². The second-order valence-corrected chi connectivity index (χ2v) is 6.43. The van der Waals surface area contributed by atoms with Crippen molar-refractivity contribution in [2.45, 2.75) is 6.92 Å². The van der Waals surface area contributed by atoms with Gasteiger partial charge in [0.15, 0.2) is 0 Å². The molecule has 6 nitrogen and oxygen atoms in total. The van der Waals surface area contributed by atoms with Gasteiger partial charge in [-0.2, -0.15) is 0 Å². The second-order valence-electron chi connectivity index (χ2n) is 4.34. The first-order chi connectivity index (χ1) is 10.0. The van der Waals surface area contributed by atoms with Gasteiger partial charge in [0, 0.05) is 11.3 Å². The maximum absolute atomic E-state index is 11.4. The Morgan fingerprint density at radius 2 is 2.05 bits per heavy atom. The van der Waals surface area contributed by atoms with Crippen LogP contribution in [0.25, 0.3) is 0 Å². The molecule has 112 valence electrons. The molecule has 1 aliphatic rings. The molecule has 0 aromatic heterocycles. The summed E-state index contributed by atoms with van der Waals surface area (Å²) >= 11 is 0. The van der Waals surface area contributed by atoms with Crippen molar-refractivity contribution < 1.29 is 17.9 Å². The number of amides is 1. The van der Waals surface area contributed by atoms with E-state index in [2.05, 4.69) is 16.6 Å². The van der Waals surface area contributed by atoms with E-state index in [-0.39, 0.29) is 18.4 Å². The van der Waals surface area contributed by atoms with Crippen molar-refractivity contribution in [1.82, 2.24) is 4.72 Å². The summed E-state index contributed by atoms with van der Waals surface area (Å²) in [6.07, 6.45) is -0.345. The molecular formula is C14H16N2O4S. The van der Waals surface area contributed by atoms with E-state index in [4.69, 9.17) is 4.74 Å². The third-order valence-corrected chi connectivity index (χ3v) is 4.28. The predicted molar refractivity (Wildman–Crippen MR) is 79.5 cm³/mol. The van der Waals surface area contributed by atoms with Crippen molar-refractivity contribution in [1.29, 1.82) is 0 Å². The molecule has 2 rings (SSSR count). The number of hydrogen-bond donors (Lipinski definition) is 1. The predicted octanol–water partition coefficient (Wildman–Crippen LogP) is 0.934. The summed E-state index contributed by atoms with van der Waals surface area (Å²) in [5.74, 6) is 5.64. The average Bonchev–Trinajstić information content (AvgIpc) is 2.90. The quantitative estimate of drug-likeness (QED) is 0.840. The molecule has 0 unspecified atom stereocenters. The monoisotopic (exact) mass is 308 g/mol. The molecule has 0 atom stereocenters. The fourth-order valence-corrected chi connectivity index (χ4v) is 2.24. The summed E-state index contributed by atoms with van der Waals surface area (Å²) in [7, 11) is -3.21. The Kier molecular flexibility index (Phi) is 4.83. The Labute approximate surface area is 124 Å². The summed E-state index contributed by atoms with van der Waals surface area (Å²) in [6, 6.07) is 7.13. The average molecular weight is 308 g/mol. The lowest BCUT2D eigenvalue weighted by Crippen LogP contribution is -2.25. The number of rotatable bonds is 4. The van der Waals surface area contributed by atoms with Crippen molar-refractivity contribution in [3.8, 4) is 11.8 Å². The third kappa shape index (κ3) is 4.21. The maximum atomic E-state index is 11.4. The van der Waals surface area contributed by atoms with E-state index in [1.807, 2.05) is 0 Å². The Hall–Kier alpha value is -2.04. The largest absolute Gasteiger partial charge is 0.447 e. The van der Waals surface area contributed by atoms with Gasteiger partial charge in [-0.1, -0.05) is 11.8 Å². The first-order valence-corrected chi connectivity index (χ1v) is 8.17. The standard InChI is InChI=1S/C14H16N2O4S/c1-2-21(18,19)15-9-3-4-12-5-7-13(8-6-12)16-10-11-20-14(16)17/h5-8,15H,2,9-11H2,1H3. The summed E-state index contributed by atoms with van der Waals surface area (Å²) in [5.41, 5.74) is 1.51. The summed E-state index contributed by atoms with van der Waals surface area (Å²) in [5, 5.41) is 0. The highest BCUT2D eigenvalue weighted by atomic mass is 32.2. The molecule has 7 heteroatoms. The number of nitrogens with zero attached hydrogens (tertiary/aromatic N) is 1. The van der Waals surface area contributed by atoms with Gasteiger partial charge in [0.2, 0.25) is 10.0 Å². The van der Waals surface area contributed by atoms with E-state index < -0.39 is 10.0 Å². The fourth-order valence-electron chi connectivity index (χ4n) is 1.75. The van der Waals surface area contributed by atoms with Crippen LogP contribution >= 0.6 is 0 Å². The van der Waals surface area contributed by atoms with Crippen LogP contribution < -0.4 is 9.62 Å². The van der Waals surface area contributed by atoms with Gasteiger partial charge in [-0.05, 0) is 31.2 Å². The van der Waals surface area contributed by atoms with E-state index >= 15 is 0 Å². The zero-order valence-corrected chi connectivity index (χ0v) is 12.4. The number of carbonyl (C=O) groups excluding carboxylic acids is 1. The molecule has 1 aliphatic heterocycles. The Bertz CT molecular complexity index is 671. The van der Waals surface area contributed by atoms with Gasteiger partial charge in [-0.15, -0.1) is 0 Å². The fraction of sp³-hybridized carbons (Fsp3) is 0.357. The number of ether oxygens (including phenoxy) is 1. The lowest BCUT2D eigenvalue weighted by molar-refractivity contribution is 0.181. The van der Waals surface area contributed by atoms with Crippen LogP contribution in [0.3, 0.4) is 0 Å². The van der Waals surface area contributed by atoms with E-state index in [1.165, 1.54) is 0 Å². The van der Waals surface area contributed by atoms with Gasteiger partial charge in [-0.3, -0.25) is 4.90 Å². The third-order valence-electron chi connectivity index (χ3n) is 2.93. The van der Waals surface area contributed by atoms with Crippen LogP contribution in [0.15, 0.2) is 24.3 Å². The minimum atomic E-state index is -3.21. The molecule has 1 heterocycles. The zero-order valence-electron chi connectivity index (χ0n) is 11.6. The van der Waals surface area contributed by atoms with Crippen LogP contribution in [0.1, 0.15) is 12.5 Å². The summed E-state index contributed by atoms with van der Waals surface area (Å²) in [4.78, 5) is 13.0. The highest BCUT2D eigenvalue weighted by Crippen LogP contribution is 2.18. The maximum Gasteiger partial charge on any atom is 0.414 e. The number of benzene rings is 1. The van der Waals surface area contributed by atoms with Crippen molar-refractivity contribution >= 4 is 21.8 Å². The first kappa shape index (κ1) is 15.4. The highest BCUT2D eigenvalue weighted by Gasteiger charge is 2.23. The van der Waals surface area contributed by atoms with E-state index in [0.717, 1.165) is 11.3 Å². The number of nitrogens with one attached hydrogen (secondary N) is 1. The van der Waals surface area contributed by atoms with Gasteiger partial charge in [0.25, 0.3) is 0 Å². The molecule has 1 N–H and O–H groups in total. The molecule has 1 saturated heterocycles. The van der Waals surface area contributed by atoms with E-state index in [9.17, 15) is 13.2 Å². The topological polar surface area (TPSA) is 75.7 Å². The number of carbonyl (C=O) groups is 1.